The summed E-state index contributed by atoms with van der Waals surface area (Å²) in [6, 6.07) is 3.26. The second-order valence-corrected chi connectivity index (χ2v) is 8.33. The van der Waals surface area contributed by atoms with Crippen LogP contribution < -0.4 is 5.32 Å². The molecule has 2 atom stereocenters. The van der Waals surface area contributed by atoms with Gasteiger partial charge in [0.1, 0.15) is 27.9 Å². The molecule has 7 heteroatoms. The Labute approximate surface area is 130 Å². The molecule has 0 aliphatic carbocycles. The Kier molecular flexibility index (Phi) is 3.59. The minimum Gasteiger partial charge on any atom is -0.480 e. The van der Waals surface area contributed by atoms with Crippen LogP contribution in [0.15, 0.2) is 22.7 Å². The Morgan fingerprint density at radius 1 is 1.48 bits per heavy atom. The summed E-state index contributed by atoms with van der Waals surface area (Å²) in [4.78, 5) is 16.7. The quantitative estimate of drug-likeness (QED) is 0.902. The molecule has 3 rings (SSSR count). The van der Waals surface area contributed by atoms with E-state index in [1.807, 2.05) is 32.9 Å². The molecule has 0 amide bonds. The van der Waals surface area contributed by atoms with E-state index in [1.165, 1.54) is 11.3 Å². The number of hydrogen-bond donors (Lipinski definition) is 2. The lowest BCUT2D eigenvalue weighted by Gasteiger charge is -2.20. The number of carbonyl (C=O) groups is 1. The Hall–Kier alpha value is -1.31. The lowest BCUT2D eigenvalue weighted by atomic mass is 10.0. The maximum atomic E-state index is 11.3. The molecule has 1 aliphatic heterocycles. The molecule has 0 spiro atoms. The second-order valence-electron chi connectivity index (χ2n) is 5.51. The zero-order valence-electron chi connectivity index (χ0n) is 11.9. The highest BCUT2D eigenvalue weighted by Gasteiger charge is 2.46. The maximum absolute atomic E-state index is 11.3. The predicted molar refractivity (Wildman–Crippen MR) is 83.5 cm³/mol. The summed E-state index contributed by atoms with van der Waals surface area (Å²) in [7, 11) is 0. The van der Waals surface area contributed by atoms with Crippen LogP contribution in [0.5, 0.6) is 0 Å². The number of nitrogens with zero attached hydrogens (tertiary/aromatic N) is 1. The molecule has 2 aromatic heterocycles. The number of aryl methyl sites for hydroxylation is 1. The molecule has 112 valence electrons. The first-order valence-corrected chi connectivity index (χ1v) is 8.25. The van der Waals surface area contributed by atoms with Gasteiger partial charge < -0.3 is 9.52 Å². The van der Waals surface area contributed by atoms with E-state index in [1.54, 1.807) is 18.0 Å². The molecule has 2 unspecified atom stereocenters. The van der Waals surface area contributed by atoms with Gasteiger partial charge in [-0.2, -0.15) is 0 Å². The summed E-state index contributed by atoms with van der Waals surface area (Å²) in [6.45, 7) is 5.78. The van der Waals surface area contributed by atoms with Crippen LogP contribution in [-0.4, -0.2) is 26.8 Å². The molecule has 2 aromatic rings. The highest BCUT2D eigenvalue weighted by molar-refractivity contribution is 8.01. The van der Waals surface area contributed by atoms with E-state index in [0.717, 1.165) is 21.4 Å². The fourth-order valence-electron chi connectivity index (χ4n) is 2.34. The summed E-state index contributed by atoms with van der Waals surface area (Å²) in [5, 5.41) is 13.2. The Bertz CT molecular complexity index is 677. The van der Waals surface area contributed by atoms with Crippen LogP contribution in [0, 0.1) is 6.92 Å². The third-order valence-electron chi connectivity index (χ3n) is 3.41. The lowest BCUT2D eigenvalue weighted by Crippen LogP contribution is -2.43. The lowest BCUT2D eigenvalue weighted by molar-refractivity contribution is -0.139. The van der Waals surface area contributed by atoms with E-state index >= 15 is 0 Å². The Balaban J connectivity index is 1.83. The first kappa shape index (κ1) is 14.6. The van der Waals surface area contributed by atoms with Gasteiger partial charge in [0.25, 0.3) is 0 Å². The van der Waals surface area contributed by atoms with Crippen LogP contribution in [0.2, 0.25) is 0 Å². The van der Waals surface area contributed by atoms with Crippen molar-refractivity contribution in [2.45, 2.75) is 36.9 Å². The smallest absolute Gasteiger partial charge is 0.322 e. The molecule has 0 bridgehead atoms. The monoisotopic (exact) mass is 324 g/mol. The topological polar surface area (TPSA) is 75.4 Å². The minimum absolute atomic E-state index is 0.101. The SMILES string of the molecule is Cc1ccc(-c2cnc(C3NC(C(=O)O)C(C)(C)S3)s2)o1. The number of carboxylic acids is 1. The van der Waals surface area contributed by atoms with Crippen molar-refractivity contribution in [3.63, 3.8) is 0 Å². The van der Waals surface area contributed by atoms with E-state index in [-0.39, 0.29) is 10.1 Å². The first-order chi connectivity index (χ1) is 9.87. The van der Waals surface area contributed by atoms with Crippen molar-refractivity contribution in [1.82, 2.24) is 10.3 Å². The average molecular weight is 324 g/mol. The van der Waals surface area contributed by atoms with E-state index in [9.17, 15) is 9.90 Å². The standard InChI is InChI=1S/C14H16N2O3S2/c1-7-4-5-8(19-7)9-6-15-11(20-9)12-16-10(13(17)18)14(2,3)21-12/h4-6,10,12,16H,1-3H3,(H,17,18). The fourth-order valence-corrected chi connectivity index (χ4v) is 4.73. The first-order valence-electron chi connectivity index (χ1n) is 6.56. The minimum atomic E-state index is -0.826. The molecule has 21 heavy (non-hydrogen) atoms. The number of nitrogens with one attached hydrogen (secondary N) is 1. The number of hydrogen-bond acceptors (Lipinski definition) is 6. The Morgan fingerprint density at radius 2 is 2.24 bits per heavy atom. The predicted octanol–water partition coefficient (Wildman–Crippen LogP) is 3.28. The summed E-state index contributed by atoms with van der Waals surface area (Å²) >= 11 is 3.13. The molecule has 3 heterocycles. The Morgan fingerprint density at radius 3 is 2.81 bits per heavy atom. The third-order valence-corrected chi connectivity index (χ3v) is 6.08. The van der Waals surface area contributed by atoms with Gasteiger partial charge in [-0.1, -0.05) is 0 Å². The van der Waals surface area contributed by atoms with Crippen LogP contribution in [0.4, 0.5) is 0 Å². The van der Waals surface area contributed by atoms with E-state index in [4.69, 9.17) is 4.42 Å². The maximum Gasteiger partial charge on any atom is 0.322 e. The van der Waals surface area contributed by atoms with Crippen molar-refractivity contribution in [2.75, 3.05) is 0 Å². The van der Waals surface area contributed by atoms with Gasteiger partial charge in [0.15, 0.2) is 0 Å². The summed E-state index contributed by atoms with van der Waals surface area (Å²) in [5.41, 5.74) is 0. The van der Waals surface area contributed by atoms with Gasteiger partial charge >= 0.3 is 5.97 Å². The van der Waals surface area contributed by atoms with Crippen molar-refractivity contribution < 1.29 is 14.3 Å². The zero-order chi connectivity index (χ0) is 15.2. The number of aromatic nitrogens is 1. The van der Waals surface area contributed by atoms with Crippen LogP contribution in [0.3, 0.4) is 0 Å². The molecule has 0 aromatic carbocycles. The summed E-state index contributed by atoms with van der Waals surface area (Å²) in [5.74, 6) is 0.835. The van der Waals surface area contributed by atoms with Crippen molar-refractivity contribution in [3.8, 4) is 10.6 Å². The van der Waals surface area contributed by atoms with Crippen LogP contribution in [0.1, 0.15) is 30.0 Å². The summed E-state index contributed by atoms with van der Waals surface area (Å²) in [6.07, 6.45) is 1.78. The van der Waals surface area contributed by atoms with Crippen molar-refractivity contribution >= 4 is 29.1 Å². The van der Waals surface area contributed by atoms with Gasteiger partial charge in [0.05, 0.1) is 4.88 Å². The number of aliphatic carboxylic acids is 1. The van der Waals surface area contributed by atoms with Crippen LogP contribution in [-0.2, 0) is 4.79 Å². The van der Waals surface area contributed by atoms with Crippen LogP contribution >= 0.6 is 23.1 Å². The normalized spacial score (nSPS) is 24.3. The highest BCUT2D eigenvalue weighted by Crippen LogP contribution is 2.47. The van der Waals surface area contributed by atoms with Gasteiger partial charge in [0, 0.05) is 10.9 Å². The molecule has 0 radical (unpaired) electrons. The van der Waals surface area contributed by atoms with Gasteiger partial charge in [-0.15, -0.1) is 23.1 Å². The highest BCUT2D eigenvalue weighted by atomic mass is 32.2. The third kappa shape index (κ3) is 2.73. The van der Waals surface area contributed by atoms with Crippen molar-refractivity contribution in [2.24, 2.45) is 0 Å². The zero-order valence-corrected chi connectivity index (χ0v) is 13.5. The van der Waals surface area contributed by atoms with Gasteiger partial charge in [-0.25, -0.2) is 4.98 Å². The molecule has 2 N–H and O–H groups in total. The van der Waals surface area contributed by atoms with Gasteiger partial charge in [0.2, 0.25) is 0 Å². The van der Waals surface area contributed by atoms with Crippen molar-refractivity contribution in [3.05, 3.63) is 29.1 Å². The van der Waals surface area contributed by atoms with E-state index in [0.29, 0.717) is 0 Å². The van der Waals surface area contributed by atoms with E-state index in [2.05, 4.69) is 10.3 Å². The molecule has 0 saturated carbocycles. The van der Waals surface area contributed by atoms with Crippen LogP contribution in [0.25, 0.3) is 10.6 Å². The molecule has 1 fully saturated rings. The van der Waals surface area contributed by atoms with Crippen molar-refractivity contribution in [1.29, 1.82) is 0 Å². The number of rotatable bonds is 3. The van der Waals surface area contributed by atoms with E-state index < -0.39 is 12.0 Å². The van der Waals surface area contributed by atoms with Gasteiger partial charge in [-0.3, -0.25) is 10.1 Å². The largest absolute Gasteiger partial charge is 0.480 e. The second kappa shape index (κ2) is 5.15. The molecular weight excluding hydrogens is 308 g/mol. The molecule has 1 saturated heterocycles. The number of carboxylic acid groups (broad SMARTS) is 1. The molecule has 1 aliphatic rings. The molecular formula is C14H16N2O3S2. The average Bonchev–Trinajstić information content (AvgIpc) is 3.06. The number of thioether (sulfide) groups is 1. The summed E-state index contributed by atoms with van der Waals surface area (Å²) < 4.78 is 5.22. The molecule has 5 nitrogen and oxygen atoms in total. The van der Waals surface area contributed by atoms with Gasteiger partial charge in [-0.05, 0) is 32.9 Å². The fraction of sp³-hybridized carbons (Fsp3) is 0.429. The number of thiazole rings is 1. The number of furan rings is 1.